The predicted molar refractivity (Wildman–Crippen MR) is 55.1 cm³/mol. The van der Waals surface area contributed by atoms with Crippen molar-refractivity contribution in [3.63, 3.8) is 0 Å². The molecule has 0 amide bonds. The number of alkyl halides is 1. The van der Waals surface area contributed by atoms with Crippen LogP contribution in [0.4, 0.5) is 4.39 Å². The van der Waals surface area contributed by atoms with Gasteiger partial charge in [0.2, 0.25) is 0 Å². The molecule has 3 heteroatoms. The molecular weight excluding hydrogens is 181 g/mol. The molecule has 1 atom stereocenters. The third-order valence-corrected chi connectivity index (χ3v) is 1.95. The van der Waals surface area contributed by atoms with Gasteiger partial charge in [-0.3, -0.25) is 0 Å². The molecule has 0 aliphatic carbocycles. The van der Waals surface area contributed by atoms with Gasteiger partial charge in [0.15, 0.2) is 0 Å². The maximum Gasteiger partial charge on any atom is 0.126 e. The summed E-state index contributed by atoms with van der Waals surface area (Å²) in [6.45, 7) is 2.86. The third-order valence-electron chi connectivity index (χ3n) is 1.95. The van der Waals surface area contributed by atoms with E-state index < -0.39 is 6.17 Å². The molecule has 2 nitrogen and oxygen atoms in total. The van der Waals surface area contributed by atoms with E-state index in [1.54, 1.807) is 18.2 Å². The van der Waals surface area contributed by atoms with Crippen LogP contribution in [0.3, 0.4) is 0 Å². The van der Waals surface area contributed by atoms with Gasteiger partial charge in [-0.2, -0.15) is 0 Å². The van der Waals surface area contributed by atoms with Crippen molar-refractivity contribution < 1.29 is 9.13 Å². The number of rotatable bonds is 5. The lowest BCUT2D eigenvalue weighted by molar-refractivity contribution is 0.319. The Hall–Kier alpha value is -1.09. The molecule has 0 aromatic heterocycles. The van der Waals surface area contributed by atoms with Gasteiger partial charge in [-0.05, 0) is 37.6 Å². The number of ether oxygens (including phenoxy) is 1. The van der Waals surface area contributed by atoms with Gasteiger partial charge in [-0.15, -0.1) is 0 Å². The molecule has 0 aliphatic heterocycles. The Labute approximate surface area is 83.9 Å². The minimum atomic E-state index is -0.986. The minimum absolute atomic E-state index is 0.357. The van der Waals surface area contributed by atoms with E-state index >= 15 is 0 Å². The summed E-state index contributed by atoms with van der Waals surface area (Å²) in [4.78, 5) is 0. The maximum absolute atomic E-state index is 13.4. The number of hydrogen-bond donors (Lipinski definition) is 1. The topological polar surface area (TPSA) is 35.2 Å². The highest BCUT2D eigenvalue weighted by Crippen LogP contribution is 2.24. The summed E-state index contributed by atoms with van der Waals surface area (Å²) in [7, 11) is 0. The van der Waals surface area contributed by atoms with Crippen molar-refractivity contribution in [1.29, 1.82) is 0 Å². The summed E-state index contributed by atoms with van der Waals surface area (Å²) < 4.78 is 18.7. The zero-order valence-electron chi connectivity index (χ0n) is 8.37. The van der Waals surface area contributed by atoms with E-state index in [9.17, 15) is 4.39 Å². The van der Waals surface area contributed by atoms with Gasteiger partial charge in [0.1, 0.15) is 11.9 Å². The highest BCUT2D eigenvalue weighted by Gasteiger charge is 2.08. The van der Waals surface area contributed by atoms with Crippen LogP contribution in [0, 0.1) is 0 Å². The molecule has 0 heterocycles. The summed E-state index contributed by atoms with van der Waals surface area (Å²) in [5, 5.41) is 0. The van der Waals surface area contributed by atoms with Crippen molar-refractivity contribution in [3.05, 3.63) is 29.8 Å². The fraction of sp³-hybridized carbons (Fsp3) is 0.455. The zero-order valence-corrected chi connectivity index (χ0v) is 8.37. The lowest BCUT2D eigenvalue weighted by Gasteiger charge is -2.09. The van der Waals surface area contributed by atoms with E-state index in [1.807, 2.05) is 13.0 Å². The summed E-state index contributed by atoms with van der Waals surface area (Å²) in [5.41, 5.74) is 5.93. The molecule has 14 heavy (non-hydrogen) atoms. The van der Waals surface area contributed by atoms with E-state index in [-0.39, 0.29) is 0 Å². The van der Waals surface area contributed by atoms with Crippen LogP contribution >= 0.6 is 0 Å². The van der Waals surface area contributed by atoms with Crippen LogP contribution in [-0.4, -0.2) is 13.2 Å². The van der Waals surface area contributed by atoms with Crippen molar-refractivity contribution >= 4 is 0 Å². The molecular formula is C11H16FNO. The second-order valence-electron chi connectivity index (χ2n) is 3.05. The molecule has 0 saturated heterocycles. The van der Waals surface area contributed by atoms with Crippen LogP contribution in [0.1, 0.15) is 25.1 Å². The summed E-state index contributed by atoms with van der Waals surface area (Å²) >= 11 is 0. The Bertz CT molecular complexity index is 278. The molecule has 0 radical (unpaired) electrons. The van der Waals surface area contributed by atoms with E-state index in [1.165, 1.54) is 0 Å². The van der Waals surface area contributed by atoms with Gasteiger partial charge in [0, 0.05) is 0 Å². The van der Waals surface area contributed by atoms with Gasteiger partial charge in [-0.25, -0.2) is 4.39 Å². The number of halogens is 1. The first kappa shape index (κ1) is 11.0. The summed E-state index contributed by atoms with van der Waals surface area (Å²) in [6.07, 6.45) is -0.629. The van der Waals surface area contributed by atoms with Gasteiger partial charge in [-0.1, -0.05) is 12.1 Å². The van der Waals surface area contributed by atoms with E-state index in [2.05, 4.69) is 0 Å². The van der Waals surface area contributed by atoms with Crippen LogP contribution in [0.2, 0.25) is 0 Å². The Kier molecular flexibility index (Phi) is 4.40. The number of nitrogens with two attached hydrogens (primary N) is 1. The SMILES string of the molecule is CCOc1cccc(C(F)CCN)c1. The fourth-order valence-corrected chi connectivity index (χ4v) is 1.28. The quantitative estimate of drug-likeness (QED) is 0.786. The lowest BCUT2D eigenvalue weighted by atomic mass is 10.1. The normalized spacial score (nSPS) is 12.5. The number of hydrogen-bond acceptors (Lipinski definition) is 2. The first-order valence-corrected chi connectivity index (χ1v) is 4.84. The van der Waals surface area contributed by atoms with Crippen LogP contribution in [-0.2, 0) is 0 Å². The number of benzene rings is 1. The second kappa shape index (κ2) is 5.60. The van der Waals surface area contributed by atoms with Crippen LogP contribution in [0.5, 0.6) is 5.75 Å². The van der Waals surface area contributed by atoms with E-state index in [0.29, 0.717) is 30.9 Å². The summed E-state index contributed by atoms with van der Waals surface area (Å²) in [5.74, 6) is 0.713. The second-order valence-corrected chi connectivity index (χ2v) is 3.05. The Morgan fingerprint density at radius 3 is 2.93 bits per heavy atom. The highest BCUT2D eigenvalue weighted by molar-refractivity contribution is 5.29. The van der Waals surface area contributed by atoms with Crippen molar-refractivity contribution in [3.8, 4) is 5.75 Å². The van der Waals surface area contributed by atoms with Gasteiger partial charge in [0.25, 0.3) is 0 Å². The third kappa shape index (κ3) is 3.00. The average Bonchev–Trinajstić information content (AvgIpc) is 2.19. The average molecular weight is 197 g/mol. The highest BCUT2D eigenvalue weighted by atomic mass is 19.1. The Morgan fingerprint density at radius 1 is 1.50 bits per heavy atom. The molecule has 1 unspecified atom stereocenters. The van der Waals surface area contributed by atoms with Gasteiger partial charge < -0.3 is 10.5 Å². The van der Waals surface area contributed by atoms with E-state index in [0.717, 1.165) is 0 Å². The molecule has 0 aliphatic rings. The van der Waals surface area contributed by atoms with Gasteiger partial charge in [0.05, 0.1) is 6.61 Å². The van der Waals surface area contributed by atoms with Gasteiger partial charge >= 0.3 is 0 Å². The molecule has 0 saturated carbocycles. The van der Waals surface area contributed by atoms with Crippen LogP contribution < -0.4 is 10.5 Å². The molecule has 1 rings (SSSR count). The van der Waals surface area contributed by atoms with Crippen molar-refractivity contribution in [2.45, 2.75) is 19.5 Å². The molecule has 1 aromatic rings. The first-order chi connectivity index (χ1) is 6.77. The molecule has 0 bridgehead atoms. The maximum atomic E-state index is 13.4. The molecule has 0 fully saturated rings. The summed E-state index contributed by atoms with van der Waals surface area (Å²) in [6, 6.07) is 7.10. The molecule has 2 N–H and O–H groups in total. The lowest BCUT2D eigenvalue weighted by Crippen LogP contribution is -2.03. The predicted octanol–water partition coefficient (Wildman–Crippen LogP) is 2.44. The van der Waals surface area contributed by atoms with Crippen molar-refractivity contribution in [1.82, 2.24) is 0 Å². The first-order valence-electron chi connectivity index (χ1n) is 4.84. The van der Waals surface area contributed by atoms with Crippen LogP contribution in [0.25, 0.3) is 0 Å². The van der Waals surface area contributed by atoms with Crippen molar-refractivity contribution in [2.24, 2.45) is 5.73 Å². The smallest absolute Gasteiger partial charge is 0.126 e. The molecule has 1 aromatic carbocycles. The Balaban J connectivity index is 2.71. The van der Waals surface area contributed by atoms with Crippen molar-refractivity contribution in [2.75, 3.05) is 13.2 Å². The largest absolute Gasteiger partial charge is 0.494 e. The Morgan fingerprint density at radius 2 is 2.29 bits per heavy atom. The fourth-order valence-electron chi connectivity index (χ4n) is 1.28. The standard InChI is InChI=1S/C11H16FNO/c1-2-14-10-5-3-4-9(8-10)11(12)6-7-13/h3-5,8,11H,2,6-7,13H2,1H3. The monoisotopic (exact) mass is 197 g/mol. The molecule has 78 valence electrons. The zero-order chi connectivity index (χ0) is 10.4. The molecule has 0 spiro atoms. The minimum Gasteiger partial charge on any atom is -0.494 e. The van der Waals surface area contributed by atoms with Crippen LogP contribution in [0.15, 0.2) is 24.3 Å². The van der Waals surface area contributed by atoms with E-state index in [4.69, 9.17) is 10.5 Å².